The van der Waals surface area contributed by atoms with E-state index in [0.717, 1.165) is 16.9 Å². The average Bonchev–Trinajstić information content (AvgIpc) is 3.05. The molecule has 226 valence electrons. The quantitative estimate of drug-likeness (QED) is 0.218. The molecule has 0 spiro atoms. The van der Waals surface area contributed by atoms with Crippen molar-refractivity contribution in [2.75, 3.05) is 32.5 Å². The van der Waals surface area contributed by atoms with Crippen LogP contribution in [-0.2, 0) is 16.1 Å². The van der Waals surface area contributed by atoms with Crippen molar-refractivity contribution in [1.29, 1.82) is 0 Å². The maximum absolute atomic E-state index is 13.7. The molecule has 1 heterocycles. The molecule has 0 saturated carbocycles. The summed E-state index contributed by atoms with van der Waals surface area (Å²) < 4.78 is 5.44. The molecule has 5 N–H and O–H groups in total. The van der Waals surface area contributed by atoms with Crippen molar-refractivity contribution in [3.8, 4) is 5.75 Å². The predicted octanol–water partition coefficient (Wildman–Crippen LogP) is 4.66. The van der Waals surface area contributed by atoms with Crippen LogP contribution in [0.5, 0.6) is 5.75 Å². The number of halogens is 3. The first-order valence-corrected chi connectivity index (χ1v) is 13.0. The van der Waals surface area contributed by atoms with Gasteiger partial charge in [-0.3, -0.25) is 25.0 Å². The molecule has 0 fully saturated rings. The van der Waals surface area contributed by atoms with E-state index in [-0.39, 0.29) is 55.6 Å². The number of hydrogen-bond donors (Lipinski definition) is 4. The number of rotatable bonds is 10. The number of carbonyl (C=O) groups is 3. The minimum absolute atomic E-state index is 0. The first-order valence-electron chi connectivity index (χ1n) is 12.7. The summed E-state index contributed by atoms with van der Waals surface area (Å²) in [7, 11) is 1.54. The number of aromatic carboxylic acids is 1. The number of amides is 3. The lowest BCUT2D eigenvalue weighted by Crippen LogP contribution is -2.50. The van der Waals surface area contributed by atoms with Crippen molar-refractivity contribution >= 4 is 65.8 Å². The fraction of sp³-hybridized carbons (Fsp3) is 0.407. The number of methoxy groups -OCH3 is 1. The third kappa shape index (κ3) is 9.39. The van der Waals surface area contributed by atoms with Crippen LogP contribution < -0.4 is 21.3 Å². The summed E-state index contributed by atoms with van der Waals surface area (Å²) in [6.07, 6.45) is 1.51. The summed E-state index contributed by atoms with van der Waals surface area (Å²) >= 11 is 6.19. The zero-order chi connectivity index (χ0) is 28.5. The molecule has 3 amide bonds. The number of aliphatic imine (C=N–C) groups is 1. The maximum atomic E-state index is 13.7. The van der Waals surface area contributed by atoms with Gasteiger partial charge in [0.1, 0.15) is 11.6 Å². The minimum atomic E-state index is -1.14. The second kappa shape index (κ2) is 16.9. The lowest BCUT2D eigenvalue weighted by atomic mass is 9.97. The Morgan fingerprint density at radius 2 is 1.95 bits per heavy atom. The van der Waals surface area contributed by atoms with Crippen molar-refractivity contribution in [2.24, 2.45) is 10.9 Å². The molecule has 14 heteroatoms. The van der Waals surface area contributed by atoms with Gasteiger partial charge in [0.2, 0.25) is 5.91 Å². The van der Waals surface area contributed by atoms with Gasteiger partial charge in [-0.2, -0.15) is 0 Å². The van der Waals surface area contributed by atoms with Gasteiger partial charge in [-0.1, -0.05) is 31.0 Å². The van der Waals surface area contributed by atoms with Gasteiger partial charge in [-0.05, 0) is 61.2 Å². The topological polar surface area (TPSA) is 156 Å². The molecule has 3 rings (SSSR count). The molecule has 0 aliphatic carbocycles. The van der Waals surface area contributed by atoms with Gasteiger partial charge in [0.15, 0.2) is 0 Å². The molecule has 11 nitrogen and oxygen atoms in total. The van der Waals surface area contributed by atoms with Gasteiger partial charge in [-0.25, -0.2) is 9.59 Å². The van der Waals surface area contributed by atoms with Gasteiger partial charge in [0.25, 0.3) is 0 Å². The summed E-state index contributed by atoms with van der Waals surface area (Å²) in [6, 6.07) is 8.59. The fourth-order valence-corrected chi connectivity index (χ4v) is 4.54. The third-order valence-electron chi connectivity index (χ3n) is 6.30. The van der Waals surface area contributed by atoms with Crippen LogP contribution in [0.3, 0.4) is 0 Å². The zero-order valence-electron chi connectivity index (χ0n) is 23.0. The van der Waals surface area contributed by atoms with E-state index in [1.807, 2.05) is 6.92 Å². The lowest BCUT2D eigenvalue weighted by Gasteiger charge is -2.27. The molecule has 1 aliphatic rings. The predicted molar refractivity (Wildman–Crippen MR) is 162 cm³/mol. The molecule has 0 aromatic heterocycles. The molecular formula is C27H36Cl3N5O6. The molecule has 0 unspecified atom stereocenters. The number of benzene rings is 2. The Hall–Kier alpha value is -3.25. The van der Waals surface area contributed by atoms with Crippen molar-refractivity contribution in [1.82, 2.24) is 15.7 Å². The number of carboxylic acid groups (broad SMARTS) is 1. The third-order valence-corrected chi connectivity index (χ3v) is 6.53. The summed E-state index contributed by atoms with van der Waals surface area (Å²) in [5.74, 6) is -1.31. The number of nitrogen functional groups attached to an aromatic ring is 1. The zero-order valence-corrected chi connectivity index (χ0v) is 25.4. The summed E-state index contributed by atoms with van der Waals surface area (Å²) in [5, 5.41) is 12.7. The first kappa shape index (κ1) is 35.8. The first-order chi connectivity index (χ1) is 18.7. The minimum Gasteiger partial charge on any atom is -0.496 e. The van der Waals surface area contributed by atoms with Crippen LogP contribution >= 0.6 is 36.4 Å². The number of nitrogens with two attached hydrogens (primary N) is 1. The van der Waals surface area contributed by atoms with Gasteiger partial charge in [-0.15, -0.1) is 24.8 Å². The van der Waals surface area contributed by atoms with Crippen molar-refractivity contribution in [3.05, 3.63) is 58.1 Å². The normalized spacial score (nSPS) is 15.4. The van der Waals surface area contributed by atoms with Crippen molar-refractivity contribution in [3.63, 3.8) is 0 Å². The van der Waals surface area contributed by atoms with Crippen LogP contribution in [0.2, 0.25) is 5.02 Å². The highest BCUT2D eigenvalue weighted by atomic mass is 35.5. The summed E-state index contributed by atoms with van der Waals surface area (Å²) in [4.78, 5) is 49.5. The standard InChI is InChI=1S/C27H34ClN5O6.2ClH/c1-4-6-22(16-7-9-20(26(35)36)21(29)13-16)31-27(37)33-15-24(32-39-5-2)30-14-18(25(33)34)11-17-12-19(28)8-10-23(17)38-3;;/h7-10,12-13,18,22H,4-6,11,14-15,29H2,1-3H3,(H,30,32)(H,31,37)(H,35,36);2*1H/t18-,22-;;/m1../s1. The summed E-state index contributed by atoms with van der Waals surface area (Å²) in [5.41, 5.74) is 10.1. The number of ether oxygens (including phenoxy) is 1. The number of hydrogen-bond acceptors (Lipinski definition) is 8. The van der Waals surface area contributed by atoms with Crippen molar-refractivity contribution in [2.45, 2.75) is 39.2 Å². The van der Waals surface area contributed by atoms with Crippen LogP contribution in [0.1, 0.15) is 54.2 Å². The van der Waals surface area contributed by atoms with Crippen LogP contribution in [0.4, 0.5) is 10.5 Å². The molecule has 2 aromatic carbocycles. The number of amidine groups is 1. The van der Waals surface area contributed by atoms with E-state index in [1.54, 1.807) is 31.2 Å². The highest BCUT2D eigenvalue weighted by Gasteiger charge is 2.34. The van der Waals surface area contributed by atoms with E-state index in [9.17, 15) is 19.5 Å². The van der Waals surface area contributed by atoms with E-state index >= 15 is 0 Å². The number of anilines is 1. The number of imide groups is 1. The Bertz CT molecular complexity index is 1250. The van der Waals surface area contributed by atoms with Crippen LogP contribution in [-0.4, -0.2) is 60.6 Å². The van der Waals surface area contributed by atoms with Crippen LogP contribution in [0.15, 0.2) is 41.4 Å². The second-order valence-corrected chi connectivity index (χ2v) is 9.48. The Labute approximate surface area is 256 Å². The Balaban J connectivity index is 0.00000420. The van der Waals surface area contributed by atoms with Crippen LogP contribution in [0.25, 0.3) is 0 Å². The molecular weight excluding hydrogens is 597 g/mol. The van der Waals surface area contributed by atoms with E-state index in [1.165, 1.54) is 19.2 Å². The van der Waals surface area contributed by atoms with Gasteiger partial charge >= 0.3 is 12.0 Å². The molecule has 0 radical (unpaired) electrons. The Morgan fingerprint density at radius 3 is 2.56 bits per heavy atom. The smallest absolute Gasteiger partial charge is 0.337 e. The van der Waals surface area contributed by atoms with Gasteiger partial charge in [0, 0.05) is 10.7 Å². The molecule has 0 saturated heterocycles. The molecule has 41 heavy (non-hydrogen) atoms. The van der Waals surface area contributed by atoms with Gasteiger partial charge < -0.3 is 20.9 Å². The number of carboxylic acids is 1. The van der Waals surface area contributed by atoms with Crippen LogP contribution in [0, 0.1) is 5.92 Å². The second-order valence-electron chi connectivity index (χ2n) is 9.05. The monoisotopic (exact) mass is 631 g/mol. The average molecular weight is 633 g/mol. The number of nitrogens with zero attached hydrogens (tertiary/aromatic N) is 2. The Kier molecular flexibility index (Phi) is 14.7. The molecule has 2 aromatic rings. The SMILES string of the molecule is CCC[C@@H](NC(=O)N1CC(NOCC)=NC[C@@H](Cc2cc(Cl)ccc2OC)C1=O)c1ccc(C(=O)O)c(N)c1.Cl.Cl. The highest BCUT2D eigenvalue weighted by molar-refractivity contribution is 6.30. The number of carbonyl (C=O) groups excluding carboxylic acids is 2. The molecule has 0 bridgehead atoms. The molecule has 1 aliphatic heterocycles. The lowest BCUT2D eigenvalue weighted by molar-refractivity contribution is -0.131. The fourth-order valence-electron chi connectivity index (χ4n) is 4.34. The highest BCUT2D eigenvalue weighted by Crippen LogP contribution is 2.28. The maximum Gasteiger partial charge on any atom is 0.337 e. The molecule has 2 atom stereocenters. The number of hydroxylamine groups is 1. The largest absolute Gasteiger partial charge is 0.496 e. The summed E-state index contributed by atoms with van der Waals surface area (Å²) in [6.45, 7) is 4.11. The van der Waals surface area contributed by atoms with E-state index in [4.69, 9.17) is 26.9 Å². The van der Waals surface area contributed by atoms with E-state index in [0.29, 0.717) is 35.2 Å². The van der Waals surface area contributed by atoms with Crippen molar-refractivity contribution < 1.29 is 29.1 Å². The number of urea groups is 1. The van der Waals surface area contributed by atoms with Gasteiger partial charge in [0.05, 0.1) is 44.3 Å². The number of nitrogens with one attached hydrogen (secondary N) is 2. The van der Waals surface area contributed by atoms with E-state index < -0.39 is 29.9 Å². The van der Waals surface area contributed by atoms with E-state index in [2.05, 4.69) is 15.8 Å². The Morgan fingerprint density at radius 1 is 1.22 bits per heavy atom.